The van der Waals surface area contributed by atoms with Crippen molar-refractivity contribution in [3.8, 4) is 0 Å². The van der Waals surface area contributed by atoms with E-state index in [2.05, 4.69) is 27.2 Å². The molecule has 0 saturated carbocycles. The summed E-state index contributed by atoms with van der Waals surface area (Å²) in [5.74, 6) is -1.38. The minimum Gasteiger partial charge on any atom is -0.480 e. The minimum absolute atomic E-state index is 0.0910. The normalized spacial score (nSPS) is 18.7. The van der Waals surface area contributed by atoms with Crippen LogP contribution >= 0.6 is 11.8 Å². The molecule has 0 radical (unpaired) electrons. The summed E-state index contributed by atoms with van der Waals surface area (Å²) in [4.78, 5) is 30.0. The van der Waals surface area contributed by atoms with E-state index in [0.29, 0.717) is 0 Å². The number of rotatable bonds is 9. The van der Waals surface area contributed by atoms with Gasteiger partial charge in [0.05, 0.1) is 10.8 Å². The van der Waals surface area contributed by atoms with E-state index in [1.54, 1.807) is 12.1 Å². The van der Waals surface area contributed by atoms with Crippen molar-refractivity contribution in [1.29, 1.82) is 0 Å². The second-order valence-corrected chi connectivity index (χ2v) is 13.2. The molecular formula is C30H34N4O5S2. The number of carbonyl (C=O) groups is 2. The number of hydrogen-bond donors (Lipinski definition) is 2. The summed E-state index contributed by atoms with van der Waals surface area (Å²) in [6, 6.07) is 22.4. The third kappa shape index (κ3) is 6.69. The van der Waals surface area contributed by atoms with Crippen LogP contribution in [-0.4, -0.2) is 79.6 Å². The summed E-state index contributed by atoms with van der Waals surface area (Å²) in [6.07, 6.45) is 0.0910. The molecule has 2 aliphatic heterocycles. The van der Waals surface area contributed by atoms with Crippen LogP contribution in [0.3, 0.4) is 0 Å². The molecule has 0 bridgehead atoms. The molecule has 2 atom stereocenters. The first-order valence-electron chi connectivity index (χ1n) is 13.6. The maximum absolute atomic E-state index is 13.2. The summed E-state index contributed by atoms with van der Waals surface area (Å²) in [6.45, 7) is 5.45. The Labute approximate surface area is 245 Å². The average Bonchev–Trinajstić information content (AvgIpc) is 3.49. The van der Waals surface area contributed by atoms with Gasteiger partial charge in [-0.15, -0.1) is 11.8 Å². The Morgan fingerprint density at radius 3 is 2.07 bits per heavy atom. The SMILES string of the molecule is Cc1ccc(S(=O)(=O)N2CSC[C@@H]2C(=O)N[C@@H](Cc2ccc(N3CCN(c4ccccc4)CC3)cc2)C(=O)O)cc1. The molecule has 0 unspecified atom stereocenters. The van der Waals surface area contributed by atoms with Crippen LogP contribution in [0.5, 0.6) is 0 Å². The molecule has 2 aliphatic rings. The first kappa shape index (κ1) is 29.0. The van der Waals surface area contributed by atoms with Gasteiger partial charge in [-0.3, -0.25) is 4.79 Å². The van der Waals surface area contributed by atoms with E-state index in [-0.39, 0.29) is 22.9 Å². The maximum Gasteiger partial charge on any atom is 0.326 e. The molecule has 2 fully saturated rings. The van der Waals surface area contributed by atoms with Gasteiger partial charge in [0.15, 0.2) is 0 Å². The number of amides is 1. The molecule has 5 rings (SSSR count). The number of para-hydroxylation sites is 1. The van der Waals surface area contributed by atoms with Crippen LogP contribution < -0.4 is 15.1 Å². The maximum atomic E-state index is 13.2. The Kier molecular flexibility index (Phi) is 8.86. The van der Waals surface area contributed by atoms with Gasteiger partial charge in [-0.1, -0.05) is 48.0 Å². The minimum atomic E-state index is -3.90. The van der Waals surface area contributed by atoms with Crippen molar-refractivity contribution in [2.24, 2.45) is 0 Å². The molecule has 9 nitrogen and oxygen atoms in total. The number of nitrogens with one attached hydrogen (secondary N) is 1. The second-order valence-electron chi connectivity index (χ2n) is 10.3. The van der Waals surface area contributed by atoms with Gasteiger partial charge in [-0.25, -0.2) is 13.2 Å². The van der Waals surface area contributed by atoms with E-state index in [0.717, 1.165) is 47.3 Å². The van der Waals surface area contributed by atoms with E-state index in [9.17, 15) is 23.1 Å². The number of hydrogen-bond acceptors (Lipinski definition) is 7. The standard InChI is InChI=1S/C30H34N4O5S2/c1-22-7-13-26(14-8-22)41(38,39)34-21-40-20-28(34)29(35)31-27(30(36)37)19-23-9-11-25(12-10-23)33-17-15-32(16-18-33)24-5-3-2-4-6-24/h2-14,27-28H,15-21H2,1H3,(H,31,35)(H,36,37)/t27-,28+/m0/s1. The van der Waals surface area contributed by atoms with Crippen LogP contribution in [0.2, 0.25) is 0 Å². The number of sulfonamides is 1. The van der Waals surface area contributed by atoms with Crippen LogP contribution in [0.15, 0.2) is 83.8 Å². The molecule has 1 amide bonds. The predicted molar refractivity (Wildman–Crippen MR) is 162 cm³/mol. The topological polar surface area (TPSA) is 110 Å². The molecule has 2 saturated heterocycles. The van der Waals surface area contributed by atoms with Crippen LogP contribution in [0.4, 0.5) is 11.4 Å². The summed E-state index contributed by atoms with van der Waals surface area (Å²) in [7, 11) is -3.90. The highest BCUT2D eigenvalue weighted by atomic mass is 32.2. The largest absolute Gasteiger partial charge is 0.480 e. The number of aliphatic carboxylic acids is 1. The lowest BCUT2D eigenvalue weighted by Gasteiger charge is -2.37. The zero-order chi connectivity index (χ0) is 29.0. The Morgan fingerprint density at radius 1 is 0.902 bits per heavy atom. The van der Waals surface area contributed by atoms with E-state index in [1.165, 1.54) is 29.6 Å². The Hall–Kier alpha value is -3.54. The van der Waals surface area contributed by atoms with Crippen molar-refractivity contribution in [2.45, 2.75) is 30.3 Å². The van der Waals surface area contributed by atoms with Gasteiger partial charge in [0.1, 0.15) is 12.1 Å². The van der Waals surface area contributed by atoms with Crippen molar-refractivity contribution < 1.29 is 23.1 Å². The summed E-state index contributed by atoms with van der Waals surface area (Å²) < 4.78 is 27.6. The molecule has 2 heterocycles. The monoisotopic (exact) mass is 594 g/mol. The average molecular weight is 595 g/mol. The van der Waals surface area contributed by atoms with Gasteiger partial charge < -0.3 is 20.2 Å². The summed E-state index contributed by atoms with van der Waals surface area (Å²) >= 11 is 1.33. The fourth-order valence-corrected chi connectivity index (χ4v) is 8.27. The first-order chi connectivity index (χ1) is 19.7. The number of benzene rings is 3. The van der Waals surface area contributed by atoms with E-state index in [4.69, 9.17) is 0 Å². The number of aryl methyl sites for hydroxylation is 1. The van der Waals surface area contributed by atoms with Crippen molar-refractivity contribution in [3.05, 3.63) is 90.0 Å². The quantitative estimate of drug-likeness (QED) is 0.389. The smallest absolute Gasteiger partial charge is 0.326 e. The number of piperazine rings is 1. The van der Waals surface area contributed by atoms with Crippen LogP contribution in [0, 0.1) is 6.92 Å². The Morgan fingerprint density at radius 2 is 1.49 bits per heavy atom. The van der Waals surface area contributed by atoms with Crippen LogP contribution in [0.25, 0.3) is 0 Å². The molecule has 0 aromatic heterocycles. The highest BCUT2D eigenvalue weighted by Crippen LogP contribution is 2.29. The molecule has 2 N–H and O–H groups in total. The lowest BCUT2D eigenvalue weighted by atomic mass is 10.0. The molecule has 216 valence electrons. The first-order valence-corrected chi connectivity index (χ1v) is 16.2. The van der Waals surface area contributed by atoms with Crippen molar-refractivity contribution in [3.63, 3.8) is 0 Å². The molecule has 41 heavy (non-hydrogen) atoms. The number of anilines is 2. The van der Waals surface area contributed by atoms with E-state index >= 15 is 0 Å². The highest BCUT2D eigenvalue weighted by Gasteiger charge is 2.41. The Bertz CT molecular complexity index is 1460. The van der Waals surface area contributed by atoms with Crippen molar-refractivity contribution in [1.82, 2.24) is 9.62 Å². The molecule has 11 heteroatoms. The molecule has 0 spiro atoms. The Balaban J connectivity index is 1.20. The zero-order valence-electron chi connectivity index (χ0n) is 22.8. The highest BCUT2D eigenvalue weighted by molar-refractivity contribution is 8.00. The predicted octanol–water partition coefficient (Wildman–Crippen LogP) is 3.20. The molecule has 0 aliphatic carbocycles. The summed E-state index contributed by atoms with van der Waals surface area (Å²) in [5, 5.41) is 12.5. The van der Waals surface area contributed by atoms with Crippen LogP contribution in [0.1, 0.15) is 11.1 Å². The summed E-state index contributed by atoms with van der Waals surface area (Å²) in [5.41, 5.74) is 3.99. The number of carbonyl (C=O) groups excluding carboxylic acids is 1. The lowest BCUT2D eigenvalue weighted by molar-refractivity contribution is -0.142. The number of nitrogens with zero attached hydrogens (tertiary/aromatic N) is 3. The van der Waals surface area contributed by atoms with Gasteiger partial charge in [-0.05, 0) is 48.9 Å². The number of carboxylic acid groups (broad SMARTS) is 1. The van der Waals surface area contributed by atoms with Gasteiger partial charge in [-0.2, -0.15) is 4.31 Å². The van der Waals surface area contributed by atoms with Crippen molar-refractivity contribution >= 4 is 45.0 Å². The van der Waals surface area contributed by atoms with Gasteiger partial charge in [0.25, 0.3) is 0 Å². The third-order valence-electron chi connectivity index (χ3n) is 7.53. The zero-order valence-corrected chi connectivity index (χ0v) is 24.5. The fraction of sp³-hybridized carbons (Fsp3) is 0.333. The van der Waals surface area contributed by atoms with Gasteiger partial charge in [0.2, 0.25) is 15.9 Å². The lowest BCUT2D eigenvalue weighted by Crippen LogP contribution is -2.52. The second kappa shape index (κ2) is 12.5. The van der Waals surface area contributed by atoms with Crippen molar-refractivity contribution in [2.75, 3.05) is 47.6 Å². The van der Waals surface area contributed by atoms with Gasteiger partial charge in [0, 0.05) is 49.7 Å². The molecule has 3 aromatic rings. The number of carboxylic acids is 1. The fourth-order valence-electron chi connectivity index (χ4n) is 5.12. The number of thioether (sulfide) groups is 1. The van der Waals surface area contributed by atoms with Gasteiger partial charge >= 0.3 is 5.97 Å². The van der Waals surface area contributed by atoms with E-state index in [1.807, 2.05) is 49.4 Å². The molecular weight excluding hydrogens is 560 g/mol. The van der Waals surface area contributed by atoms with Crippen LogP contribution in [-0.2, 0) is 26.0 Å². The molecule has 3 aromatic carbocycles. The van der Waals surface area contributed by atoms with E-state index < -0.39 is 34.0 Å². The third-order valence-corrected chi connectivity index (χ3v) is 10.6.